The number of hydrogen-bond donors (Lipinski definition) is 0. The number of aryl methyl sites for hydroxylation is 1. The molecular formula is C32H35F5O. The lowest BCUT2D eigenvalue weighted by atomic mass is 9.78. The average Bonchev–Trinajstić information content (AvgIpc) is 2.92. The van der Waals surface area contributed by atoms with Crippen molar-refractivity contribution in [2.24, 2.45) is 11.8 Å². The molecule has 0 radical (unpaired) electrons. The van der Waals surface area contributed by atoms with Crippen LogP contribution in [0, 0.1) is 47.8 Å². The van der Waals surface area contributed by atoms with Gasteiger partial charge in [-0.15, -0.1) is 0 Å². The van der Waals surface area contributed by atoms with Gasteiger partial charge in [-0.25, -0.2) is 17.6 Å². The third kappa shape index (κ3) is 6.75. The molecule has 0 bridgehead atoms. The Hall–Kier alpha value is -2.89. The van der Waals surface area contributed by atoms with Crippen LogP contribution in [-0.4, -0.2) is 0 Å². The third-order valence-corrected chi connectivity index (χ3v) is 7.89. The molecule has 1 nitrogen and oxygen atoms in total. The smallest absolute Gasteiger partial charge is 0.201 e. The Labute approximate surface area is 222 Å². The molecule has 1 aliphatic rings. The molecule has 0 atom stereocenters. The van der Waals surface area contributed by atoms with Gasteiger partial charge in [0.05, 0.1) is 0 Å². The van der Waals surface area contributed by atoms with Crippen molar-refractivity contribution in [3.63, 3.8) is 0 Å². The molecule has 0 saturated heterocycles. The van der Waals surface area contributed by atoms with E-state index in [-0.39, 0.29) is 5.56 Å². The van der Waals surface area contributed by atoms with Gasteiger partial charge in [-0.1, -0.05) is 82.6 Å². The summed E-state index contributed by atoms with van der Waals surface area (Å²) in [4.78, 5) is 0. The number of benzene rings is 3. The monoisotopic (exact) mass is 530 g/mol. The predicted octanol–water partition coefficient (Wildman–Crippen LogP) is 10.5. The molecule has 204 valence electrons. The number of unbranched alkanes of at least 4 members (excludes halogenated alkanes) is 2. The molecule has 1 aliphatic carbocycles. The van der Waals surface area contributed by atoms with Gasteiger partial charge in [-0.2, -0.15) is 4.39 Å². The van der Waals surface area contributed by atoms with Crippen molar-refractivity contribution < 1.29 is 26.7 Å². The second kappa shape index (κ2) is 12.8. The fraction of sp³-hybridized carbons (Fsp3) is 0.438. The van der Waals surface area contributed by atoms with Gasteiger partial charge in [0.1, 0.15) is 5.75 Å². The minimum atomic E-state index is -1.66. The molecule has 0 heterocycles. The highest BCUT2D eigenvalue weighted by Crippen LogP contribution is 2.38. The molecule has 1 fully saturated rings. The van der Waals surface area contributed by atoms with Crippen molar-refractivity contribution in [2.45, 2.75) is 78.1 Å². The summed E-state index contributed by atoms with van der Waals surface area (Å²) >= 11 is 0. The first-order chi connectivity index (χ1) is 18.3. The number of hydrogen-bond acceptors (Lipinski definition) is 1. The lowest BCUT2D eigenvalue weighted by Crippen LogP contribution is -2.15. The molecule has 0 aliphatic heterocycles. The van der Waals surface area contributed by atoms with Crippen LogP contribution in [0.3, 0.4) is 0 Å². The first kappa shape index (κ1) is 28.1. The van der Waals surface area contributed by atoms with E-state index in [1.54, 1.807) is 0 Å². The molecule has 6 heteroatoms. The van der Waals surface area contributed by atoms with Crippen molar-refractivity contribution in [1.29, 1.82) is 0 Å². The van der Waals surface area contributed by atoms with E-state index in [0.29, 0.717) is 23.3 Å². The largest absolute Gasteiger partial charge is 0.454 e. The molecule has 3 aromatic rings. The maximum atomic E-state index is 14.6. The SMILES string of the molecule is CCCCC[C@H]1CC[C@H](CCc2ccc(-c3cc(F)c(F)c(Oc4cc(F)c(F)c(F)c4)c3C)cc2)CC1. The maximum Gasteiger partial charge on any atom is 0.201 e. The third-order valence-electron chi connectivity index (χ3n) is 7.89. The number of ether oxygens (including phenoxy) is 1. The van der Waals surface area contributed by atoms with Crippen molar-refractivity contribution in [1.82, 2.24) is 0 Å². The van der Waals surface area contributed by atoms with Crippen LogP contribution in [0.15, 0.2) is 42.5 Å². The van der Waals surface area contributed by atoms with Gasteiger partial charge in [0.15, 0.2) is 29.0 Å². The zero-order valence-electron chi connectivity index (χ0n) is 22.1. The summed E-state index contributed by atoms with van der Waals surface area (Å²) in [6.45, 7) is 3.78. The average molecular weight is 531 g/mol. The molecule has 0 aromatic heterocycles. The number of rotatable bonds is 10. The summed E-state index contributed by atoms with van der Waals surface area (Å²) in [5.74, 6) is -6.38. The summed E-state index contributed by atoms with van der Waals surface area (Å²) in [5.41, 5.74) is 2.51. The minimum absolute atomic E-state index is 0.262. The minimum Gasteiger partial charge on any atom is -0.454 e. The predicted molar refractivity (Wildman–Crippen MR) is 141 cm³/mol. The van der Waals surface area contributed by atoms with E-state index in [9.17, 15) is 22.0 Å². The van der Waals surface area contributed by atoms with Crippen LogP contribution in [0.2, 0.25) is 0 Å². The molecule has 0 amide bonds. The van der Waals surface area contributed by atoms with Gasteiger partial charge in [0, 0.05) is 17.7 Å². The van der Waals surface area contributed by atoms with Crippen LogP contribution in [-0.2, 0) is 6.42 Å². The Morgan fingerprint density at radius 2 is 1.32 bits per heavy atom. The van der Waals surface area contributed by atoms with E-state index in [4.69, 9.17) is 4.74 Å². The maximum absolute atomic E-state index is 14.6. The molecule has 4 rings (SSSR count). The van der Waals surface area contributed by atoms with Crippen LogP contribution in [0.25, 0.3) is 11.1 Å². The van der Waals surface area contributed by atoms with Crippen molar-refractivity contribution in [2.75, 3.05) is 0 Å². The fourth-order valence-electron chi connectivity index (χ4n) is 5.54. The Balaban J connectivity index is 1.42. The van der Waals surface area contributed by atoms with Crippen LogP contribution >= 0.6 is 0 Å². The number of halogens is 5. The second-order valence-corrected chi connectivity index (χ2v) is 10.6. The first-order valence-corrected chi connectivity index (χ1v) is 13.7. The topological polar surface area (TPSA) is 9.23 Å². The highest BCUT2D eigenvalue weighted by atomic mass is 19.2. The summed E-state index contributed by atoms with van der Waals surface area (Å²) < 4.78 is 74.9. The molecule has 38 heavy (non-hydrogen) atoms. The molecule has 0 spiro atoms. The van der Waals surface area contributed by atoms with E-state index < -0.39 is 40.6 Å². The summed E-state index contributed by atoms with van der Waals surface area (Å²) in [7, 11) is 0. The zero-order chi connectivity index (χ0) is 27.2. The zero-order valence-corrected chi connectivity index (χ0v) is 22.1. The lowest BCUT2D eigenvalue weighted by molar-refractivity contribution is 0.249. The Bertz CT molecular complexity index is 1210. The van der Waals surface area contributed by atoms with Gasteiger partial charge < -0.3 is 4.74 Å². The molecule has 0 N–H and O–H groups in total. The highest BCUT2D eigenvalue weighted by Gasteiger charge is 2.22. The van der Waals surface area contributed by atoms with Crippen molar-refractivity contribution in [3.05, 3.63) is 82.7 Å². The first-order valence-electron chi connectivity index (χ1n) is 13.7. The van der Waals surface area contributed by atoms with Crippen LogP contribution in [0.4, 0.5) is 22.0 Å². The highest BCUT2D eigenvalue weighted by molar-refractivity contribution is 5.70. The van der Waals surface area contributed by atoms with Gasteiger partial charge in [0.2, 0.25) is 5.82 Å². The molecular weight excluding hydrogens is 495 g/mol. The normalized spacial score (nSPS) is 17.6. The quantitative estimate of drug-likeness (QED) is 0.144. The molecule has 1 saturated carbocycles. The Morgan fingerprint density at radius 3 is 1.92 bits per heavy atom. The van der Waals surface area contributed by atoms with Gasteiger partial charge >= 0.3 is 0 Å². The van der Waals surface area contributed by atoms with Crippen molar-refractivity contribution >= 4 is 0 Å². The Morgan fingerprint density at radius 1 is 0.737 bits per heavy atom. The second-order valence-electron chi connectivity index (χ2n) is 10.6. The van der Waals surface area contributed by atoms with E-state index in [1.165, 1.54) is 63.9 Å². The fourth-order valence-corrected chi connectivity index (χ4v) is 5.54. The van der Waals surface area contributed by atoms with Crippen LogP contribution in [0.1, 0.15) is 75.8 Å². The van der Waals surface area contributed by atoms with E-state index in [0.717, 1.165) is 30.7 Å². The van der Waals surface area contributed by atoms with Gasteiger partial charge in [-0.05, 0) is 54.4 Å². The van der Waals surface area contributed by atoms with Crippen LogP contribution < -0.4 is 4.74 Å². The van der Waals surface area contributed by atoms with Gasteiger partial charge in [-0.3, -0.25) is 0 Å². The van der Waals surface area contributed by atoms with E-state index >= 15 is 0 Å². The summed E-state index contributed by atoms with van der Waals surface area (Å²) in [6, 6.07) is 9.99. The molecule has 0 unspecified atom stereocenters. The standard InChI is InChI=1S/C32H35F5O/c1-3-4-5-6-21-7-9-22(10-8-21)11-12-23-13-15-24(16-14-23)26-19-29(35)31(37)32(20(26)2)38-25-17-27(33)30(36)28(34)18-25/h13-19,21-22H,3-12H2,1-2H3/t21-,22-. The van der Waals surface area contributed by atoms with Gasteiger partial charge in [0.25, 0.3) is 0 Å². The van der Waals surface area contributed by atoms with Crippen LogP contribution in [0.5, 0.6) is 11.5 Å². The van der Waals surface area contributed by atoms with E-state index in [2.05, 4.69) is 6.92 Å². The van der Waals surface area contributed by atoms with Crippen molar-refractivity contribution in [3.8, 4) is 22.6 Å². The van der Waals surface area contributed by atoms with E-state index in [1.807, 2.05) is 24.3 Å². The lowest BCUT2D eigenvalue weighted by Gasteiger charge is -2.28. The summed E-state index contributed by atoms with van der Waals surface area (Å²) in [6.07, 6.45) is 12.7. The summed E-state index contributed by atoms with van der Waals surface area (Å²) in [5, 5.41) is 0. The Kier molecular flexibility index (Phi) is 9.45. The molecule has 3 aromatic carbocycles.